The van der Waals surface area contributed by atoms with Crippen molar-refractivity contribution in [2.24, 2.45) is 0 Å². The minimum absolute atomic E-state index is 0.0126. The van der Waals surface area contributed by atoms with Gasteiger partial charge < -0.3 is 10.1 Å². The minimum Gasteiger partial charge on any atom is -0.465 e. The monoisotopic (exact) mass is 329 g/mol. The highest BCUT2D eigenvalue weighted by molar-refractivity contribution is 7.40. The number of carbonyl (C=O) groups excluding carboxylic acids is 2. The first-order valence-corrected chi connectivity index (χ1v) is 9.42. The predicted molar refractivity (Wildman–Crippen MR) is 91.2 cm³/mol. The van der Waals surface area contributed by atoms with E-state index in [1.165, 1.54) is 18.4 Å². The number of hydrogen-bond donors (Lipinski definition) is 1. The van der Waals surface area contributed by atoms with Gasteiger partial charge >= 0.3 is 5.97 Å². The van der Waals surface area contributed by atoms with Gasteiger partial charge in [-0.1, -0.05) is 20.3 Å². The van der Waals surface area contributed by atoms with E-state index < -0.39 is 5.97 Å². The lowest BCUT2D eigenvalue weighted by atomic mass is 10.2. The van der Waals surface area contributed by atoms with Crippen LogP contribution in [0.4, 0.5) is 5.69 Å². The first-order valence-electron chi connectivity index (χ1n) is 7.25. The molecule has 1 N–H and O–H groups in total. The van der Waals surface area contributed by atoms with Gasteiger partial charge in [-0.05, 0) is 36.9 Å². The molecule has 0 fully saturated rings. The van der Waals surface area contributed by atoms with Crippen LogP contribution in [-0.2, 0) is 9.53 Å². The molecule has 1 aromatic heterocycles. The molecule has 0 bridgehead atoms. The molecule has 1 heterocycles. The molecule has 0 aliphatic carbocycles. The minimum atomic E-state index is -0.398. The van der Waals surface area contributed by atoms with Crippen molar-refractivity contribution >= 4 is 37.5 Å². The summed E-state index contributed by atoms with van der Waals surface area (Å²) in [6.45, 7) is 6.08. The number of aryl methyl sites for hydroxylation is 1. The second-order valence-corrected chi connectivity index (χ2v) is 7.36. The number of amides is 1. The van der Waals surface area contributed by atoms with Gasteiger partial charge in [-0.25, -0.2) is 4.79 Å². The first-order chi connectivity index (χ1) is 10.0. The Morgan fingerprint density at radius 1 is 1.43 bits per heavy atom. The van der Waals surface area contributed by atoms with Crippen molar-refractivity contribution in [1.82, 2.24) is 0 Å². The molecular formula is C15H24NO3PS. The van der Waals surface area contributed by atoms with E-state index in [9.17, 15) is 9.59 Å². The molecule has 118 valence electrons. The van der Waals surface area contributed by atoms with Crippen LogP contribution in [0.1, 0.15) is 48.3 Å². The fraction of sp³-hybridized carbons (Fsp3) is 0.600. The lowest BCUT2D eigenvalue weighted by Gasteiger charge is -2.15. The molecule has 0 saturated carbocycles. The smallest absolute Gasteiger partial charge is 0.350 e. The summed E-state index contributed by atoms with van der Waals surface area (Å²) in [6, 6.07) is 0. The van der Waals surface area contributed by atoms with Gasteiger partial charge in [-0.15, -0.1) is 19.9 Å². The third-order valence-electron chi connectivity index (χ3n) is 3.24. The standard InChI is InChI=1S/C15H24NO3PS/c1-5-7-8-20-11(6-2)14(17)16-12-10(3)9-21-13(12)15(18)19-4/h9,11,20H,5-8H2,1-4H3,(H,16,17). The van der Waals surface area contributed by atoms with Gasteiger partial charge in [-0.3, -0.25) is 4.79 Å². The molecule has 0 spiro atoms. The Morgan fingerprint density at radius 2 is 2.14 bits per heavy atom. The molecule has 4 nitrogen and oxygen atoms in total. The molecular weight excluding hydrogens is 305 g/mol. The number of methoxy groups -OCH3 is 1. The van der Waals surface area contributed by atoms with Crippen LogP contribution in [0.3, 0.4) is 0 Å². The van der Waals surface area contributed by atoms with Crippen LogP contribution in [-0.4, -0.2) is 30.8 Å². The zero-order valence-electron chi connectivity index (χ0n) is 13.1. The molecule has 2 unspecified atom stereocenters. The summed E-state index contributed by atoms with van der Waals surface area (Å²) in [5.74, 6) is -0.386. The van der Waals surface area contributed by atoms with E-state index in [2.05, 4.69) is 12.2 Å². The molecule has 1 amide bonds. The van der Waals surface area contributed by atoms with Gasteiger partial charge in [0.05, 0.1) is 18.5 Å². The van der Waals surface area contributed by atoms with Gasteiger partial charge in [0.2, 0.25) is 5.91 Å². The van der Waals surface area contributed by atoms with Crippen molar-refractivity contribution in [2.45, 2.75) is 45.7 Å². The maximum atomic E-state index is 12.4. The van der Waals surface area contributed by atoms with E-state index in [4.69, 9.17) is 4.74 Å². The van der Waals surface area contributed by atoms with Crippen molar-refractivity contribution in [2.75, 3.05) is 18.6 Å². The van der Waals surface area contributed by atoms with Crippen LogP contribution < -0.4 is 5.32 Å². The van der Waals surface area contributed by atoms with E-state index in [0.717, 1.165) is 31.0 Å². The maximum Gasteiger partial charge on any atom is 0.350 e. The number of ether oxygens (including phenoxy) is 1. The van der Waals surface area contributed by atoms with E-state index >= 15 is 0 Å². The fourth-order valence-corrected chi connectivity index (χ4v) is 4.30. The average molecular weight is 329 g/mol. The second kappa shape index (κ2) is 9.16. The molecule has 0 saturated heterocycles. The van der Waals surface area contributed by atoms with Crippen LogP contribution in [0.2, 0.25) is 0 Å². The highest BCUT2D eigenvalue weighted by atomic mass is 32.1. The SMILES string of the molecule is CCCCPC(CC)C(=O)Nc1c(C)csc1C(=O)OC. The van der Waals surface area contributed by atoms with E-state index in [-0.39, 0.29) is 11.6 Å². The number of anilines is 1. The lowest BCUT2D eigenvalue weighted by Crippen LogP contribution is -2.25. The summed E-state index contributed by atoms with van der Waals surface area (Å²) in [6.07, 6.45) is 4.23. The summed E-state index contributed by atoms with van der Waals surface area (Å²) in [5.41, 5.74) is 1.54. The number of carbonyl (C=O) groups is 2. The van der Waals surface area contributed by atoms with E-state index in [0.29, 0.717) is 19.1 Å². The average Bonchev–Trinajstić information content (AvgIpc) is 2.84. The van der Waals surface area contributed by atoms with E-state index in [1.54, 1.807) is 0 Å². The Morgan fingerprint density at radius 3 is 2.71 bits per heavy atom. The Balaban J connectivity index is 2.77. The second-order valence-electron chi connectivity index (χ2n) is 4.87. The van der Waals surface area contributed by atoms with Gasteiger partial charge in [0, 0.05) is 0 Å². The molecule has 0 aromatic carbocycles. The fourth-order valence-electron chi connectivity index (χ4n) is 1.93. The van der Waals surface area contributed by atoms with Crippen molar-refractivity contribution in [3.63, 3.8) is 0 Å². The van der Waals surface area contributed by atoms with Crippen LogP contribution in [0, 0.1) is 6.92 Å². The molecule has 2 atom stereocenters. The first kappa shape index (κ1) is 18.1. The van der Waals surface area contributed by atoms with Crippen molar-refractivity contribution in [3.05, 3.63) is 15.8 Å². The van der Waals surface area contributed by atoms with Gasteiger partial charge in [0.25, 0.3) is 0 Å². The summed E-state index contributed by atoms with van der Waals surface area (Å²) in [4.78, 5) is 24.6. The number of hydrogen-bond acceptors (Lipinski definition) is 4. The van der Waals surface area contributed by atoms with Crippen LogP contribution in [0.25, 0.3) is 0 Å². The molecule has 1 aromatic rings. The lowest BCUT2D eigenvalue weighted by molar-refractivity contribution is -0.115. The number of esters is 1. The highest BCUT2D eigenvalue weighted by Crippen LogP contribution is 2.30. The third kappa shape index (κ3) is 5.08. The third-order valence-corrected chi connectivity index (χ3v) is 6.12. The normalized spacial score (nSPS) is 12.6. The van der Waals surface area contributed by atoms with Gasteiger partial charge in [-0.2, -0.15) is 0 Å². The van der Waals surface area contributed by atoms with Crippen molar-refractivity contribution in [1.29, 1.82) is 0 Å². The Kier molecular flexibility index (Phi) is 7.91. The Hall–Kier alpha value is -0.930. The largest absolute Gasteiger partial charge is 0.465 e. The van der Waals surface area contributed by atoms with Gasteiger partial charge in [0.15, 0.2) is 0 Å². The zero-order valence-corrected chi connectivity index (χ0v) is 14.9. The molecule has 0 aliphatic heterocycles. The summed E-state index contributed by atoms with van der Waals surface area (Å²) >= 11 is 1.30. The Labute approximate surface area is 132 Å². The van der Waals surface area contributed by atoms with Crippen LogP contribution in [0.15, 0.2) is 5.38 Å². The molecule has 0 radical (unpaired) electrons. The van der Waals surface area contributed by atoms with Gasteiger partial charge in [0.1, 0.15) is 4.88 Å². The van der Waals surface area contributed by atoms with Crippen molar-refractivity contribution < 1.29 is 14.3 Å². The zero-order chi connectivity index (χ0) is 15.8. The molecule has 1 rings (SSSR count). The topological polar surface area (TPSA) is 55.4 Å². The van der Waals surface area contributed by atoms with Crippen LogP contribution >= 0.6 is 19.9 Å². The molecule has 0 aliphatic rings. The van der Waals surface area contributed by atoms with Crippen molar-refractivity contribution in [3.8, 4) is 0 Å². The Bertz CT molecular complexity index is 487. The molecule has 21 heavy (non-hydrogen) atoms. The number of nitrogens with one attached hydrogen (secondary N) is 1. The number of thiophene rings is 1. The number of rotatable bonds is 8. The summed E-state index contributed by atoms with van der Waals surface area (Å²) in [7, 11) is 1.99. The number of unbranched alkanes of at least 4 members (excludes halogenated alkanes) is 1. The summed E-state index contributed by atoms with van der Waals surface area (Å²) < 4.78 is 4.76. The molecule has 6 heteroatoms. The van der Waals surface area contributed by atoms with E-state index in [1.807, 2.05) is 19.2 Å². The predicted octanol–water partition coefficient (Wildman–Crippen LogP) is 4.04. The quantitative estimate of drug-likeness (QED) is 0.445. The highest BCUT2D eigenvalue weighted by Gasteiger charge is 2.22. The summed E-state index contributed by atoms with van der Waals surface area (Å²) in [5, 5.41) is 4.79. The maximum absolute atomic E-state index is 12.4. The van der Waals surface area contributed by atoms with Crippen LogP contribution in [0.5, 0.6) is 0 Å².